The van der Waals surface area contributed by atoms with E-state index in [4.69, 9.17) is 0 Å². The lowest BCUT2D eigenvalue weighted by Gasteiger charge is -2.02. The van der Waals surface area contributed by atoms with E-state index in [1.165, 1.54) is 22.1 Å². The number of nitrogens with one attached hydrogen (secondary N) is 1. The van der Waals surface area contributed by atoms with Gasteiger partial charge in [-0.1, -0.05) is 24.6 Å². The molecule has 1 N–H and O–H groups in total. The van der Waals surface area contributed by atoms with Crippen LogP contribution < -0.4 is 11.0 Å². The molecule has 0 fully saturated rings. The van der Waals surface area contributed by atoms with Gasteiger partial charge < -0.3 is 5.32 Å². The summed E-state index contributed by atoms with van der Waals surface area (Å²) in [7, 11) is 0. The Morgan fingerprint density at radius 1 is 1.28 bits per heavy atom. The van der Waals surface area contributed by atoms with Gasteiger partial charge in [-0.25, -0.2) is 18.9 Å². The van der Waals surface area contributed by atoms with E-state index in [1.807, 2.05) is 6.92 Å². The highest BCUT2D eigenvalue weighted by atomic mass is 32.1. The number of aromatic nitrogens is 4. The molecule has 29 heavy (non-hydrogen) atoms. The summed E-state index contributed by atoms with van der Waals surface area (Å²) in [6, 6.07) is 6.61. The number of carbonyl (C=O) groups excluding carboxylic acids is 1. The Hall–Kier alpha value is -2.81. The molecule has 0 aliphatic carbocycles. The van der Waals surface area contributed by atoms with E-state index in [-0.39, 0.29) is 24.0 Å². The van der Waals surface area contributed by atoms with E-state index in [2.05, 4.69) is 15.4 Å². The fraction of sp³-hybridized carbons (Fsp3) is 0.400. The second-order valence-electron chi connectivity index (χ2n) is 7.16. The number of anilines is 1. The third-order valence-corrected chi connectivity index (χ3v) is 6.10. The molecular weight excluding hydrogens is 393 g/mol. The summed E-state index contributed by atoms with van der Waals surface area (Å²) >= 11 is 1.31. The average Bonchev–Trinajstić information content (AvgIpc) is 3.05. The summed E-state index contributed by atoms with van der Waals surface area (Å²) in [5, 5.41) is 7.50. The van der Waals surface area contributed by atoms with Gasteiger partial charge in [-0.15, -0.1) is 11.3 Å². The third-order valence-electron chi connectivity index (χ3n) is 5.02. The molecule has 0 atom stereocenters. The molecule has 1 aliphatic rings. The van der Waals surface area contributed by atoms with Crippen LogP contribution in [0.15, 0.2) is 29.1 Å². The number of nitrogens with zero attached hydrogens (tertiary/aromatic N) is 4. The Balaban J connectivity index is 1.44. The number of rotatable bonds is 5. The van der Waals surface area contributed by atoms with Crippen LogP contribution >= 0.6 is 11.3 Å². The van der Waals surface area contributed by atoms with E-state index in [9.17, 15) is 14.0 Å². The van der Waals surface area contributed by atoms with Gasteiger partial charge in [0.25, 0.3) is 0 Å². The smallest absolute Gasteiger partial charge is 0.300 e. The van der Waals surface area contributed by atoms with E-state index in [0.717, 1.165) is 42.1 Å². The summed E-state index contributed by atoms with van der Waals surface area (Å²) in [4.78, 5) is 30.2. The molecule has 0 spiro atoms. The molecule has 0 radical (unpaired) electrons. The Morgan fingerprint density at radius 3 is 2.93 bits per heavy atom. The first kappa shape index (κ1) is 19.5. The van der Waals surface area contributed by atoms with Crippen molar-refractivity contribution in [1.82, 2.24) is 19.3 Å². The lowest BCUT2D eigenvalue weighted by Crippen LogP contribution is -2.30. The predicted molar refractivity (Wildman–Crippen MR) is 109 cm³/mol. The Labute approximate surface area is 171 Å². The lowest BCUT2D eigenvalue weighted by molar-refractivity contribution is -0.117. The van der Waals surface area contributed by atoms with Crippen molar-refractivity contribution >= 4 is 22.4 Å². The van der Waals surface area contributed by atoms with Crippen LogP contribution in [0.2, 0.25) is 0 Å². The molecule has 0 bridgehead atoms. The van der Waals surface area contributed by atoms with Crippen molar-refractivity contribution in [2.24, 2.45) is 0 Å². The number of fused-ring (bicyclic) bond motifs is 1. The number of thiazole rings is 1. The van der Waals surface area contributed by atoms with Crippen LogP contribution in [0.4, 0.5) is 9.52 Å². The molecule has 0 unspecified atom stereocenters. The predicted octanol–water partition coefficient (Wildman–Crippen LogP) is 2.90. The van der Waals surface area contributed by atoms with Crippen LogP contribution in [0.5, 0.6) is 0 Å². The number of benzene rings is 1. The molecule has 7 nitrogen and oxygen atoms in total. The first-order valence-electron chi connectivity index (χ1n) is 9.67. The summed E-state index contributed by atoms with van der Waals surface area (Å²) in [6.07, 6.45) is 4.22. The van der Waals surface area contributed by atoms with Gasteiger partial charge in [0.05, 0.1) is 5.69 Å². The van der Waals surface area contributed by atoms with Crippen LogP contribution in [-0.2, 0) is 30.7 Å². The monoisotopic (exact) mass is 415 g/mol. The molecule has 0 saturated carbocycles. The van der Waals surface area contributed by atoms with Crippen molar-refractivity contribution in [2.45, 2.75) is 52.1 Å². The fourth-order valence-corrected chi connectivity index (χ4v) is 4.49. The van der Waals surface area contributed by atoms with Gasteiger partial charge in [0.2, 0.25) is 5.91 Å². The molecule has 0 saturated heterocycles. The first-order chi connectivity index (χ1) is 14.0. The minimum atomic E-state index is -0.355. The molecule has 3 heterocycles. The van der Waals surface area contributed by atoms with Crippen LogP contribution in [0.3, 0.4) is 0 Å². The number of aryl methyl sites for hydroxylation is 2. The maximum atomic E-state index is 13.9. The van der Waals surface area contributed by atoms with Gasteiger partial charge in [-0.05, 0) is 31.4 Å². The molecule has 1 aliphatic heterocycles. The van der Waals surface area contributed by atoms with Crippen LogP contribution in [-0.4, -0.2) is 25.2 Å². The number of halogens is 1. The molecule has 4 rings (SSSR count). The van der Waals surface area contributed by atoms with Gasteiger partial charge >= 0.3 is 5.69 Å². The topological polar surface area (TPSA) is 81.8 Å². The Bertz CT molecular complexity index is 1100. The maximum absolute atomic E-state index is 13.9. The van der Waals surface area contributed by atoms with Crippen molar-refractivity contribution in [3.8, 4) is 0 Å². The average molecular weight is 415 g/mol. The fourth-order valence-electron chi connectivity index (χ4n) is 3.48. The van der Waals surface area contributed by atoms with Gasteiger partial charge in [-0.3, -0.25) is 9.36 Å². The van der Waals surface area contributed by atoms with E-state index >= 15 is 0 Å². The Morgan fingerprint density at radius 2 is 2.10 bits per heavy atom. The second-order valence-corrected chi connectivity index (χ2v) is 8.25. The minimum absolute atomic E-state index is 0.153. The maximum Gasteiger partial charge on any atom is 0.346 e. The first-order valence-corrected chi connectivity index (χ1v) is 10.5. The molecule has 152 valence electrons. The zero-order valence-electron chi connectivity index (χ0n) is 16.2. The zero-order valence-corrected chi connectivity index (χ0v) is 17.0. The summed E-state index contributed by atoms with van der Waals surface area (Å²) < 4.78 is 16.8. The van der Waals surface area contributed by atoms with Crippen molar-refractivity contribution in [1.29, 1.82) is 0 Å². The Kier molecular flexibility index (Phi) is 5.57. The third kappa shape index (κ3) is 4.29. The quantitative estimate of drug-likeness (QED) is 0.695. The van der Waals surface area contributed by atoms with Gasteiger partial charge in [-0.2, -0.15) is 5.10 Å². The van der Waals surface area contributed by atoms with E-state index in [0.29, 0.717) is 23.7 Å². The zero-order chi connectivity index (χ0) is 20.4. The van der Waals surface area contributed by atoms with Crippen LogP contribution in [0.25, 0.3) is 0 Å². The summed E-state index contributed by atoms with van der Waals surface area (Å²) in [5.41, 5.74) is 1.09. The van der Waals surface area contributed by atoms with Gasteiger partial charge in [0.15, 0.2) is 5.13 Å². The van der Waals surface area contributed by atoms with Crippen LogP contribution in [0, 0.1) is 12.7 Å². The normalized spacial score (nSPS) is 13.7. The number of hydrogen-bond acceptors (Lipinski definition) is 5. The number of hydrogen-bond donors (Lipinski definition) is 1. The highest BCUT2D eigenvalue weighted by molar-refractivity contribution is 7.15. The SMILES string of the molecule is Cc1nc(NC(=O)Cn2nc3n(c2=O)CCCCC3)sc1Cc1ccccc1F. The van der Waals surface area contributed by atoms with E-state index in [1.54, 1.807) is 22.8 Å². The molecule has 2 aromatic heterocycles. The second kappa shape index (κ2) is 8.28. The largest absolute Gasteiger partial charge is 0.346 e. The molecular formula is C20H22FN5O2S. The van der Waals surface area contributed by atoms with Crippen molar-refractivity contribution in [3.63, 3.8) is 0 Å². The molecule has 3 aromatic rings. The van der Waals surface area contributed by atoms with Gasteiger partial charge in [0.1, 0.15) is 18.2 Å². The van der Waals surface area contributed by atoms with Gasteiger partial charge in [0, 0.05) is 24.3 Å². The molecule has 9 heteroatoms. The van der Waals surface area contributed by atoms with Crippen molar-refractivity contribution in [3.05, 3.63) is 62.5 Å². The van der Waals surface area contributed by atoms with Crippen LogP contribution in [0.1, 0.15) is 41.2 Å². The lowest BCUT2D eigenvalue weighted by atomic mass is 10.1. The molecule has 1 amide bonds. The van der Waals surface area contributed by atoms with E-state index < -0.39 is 0 Å². The molecule has 1 aromatic carbocycles. The highest BCUT2D eigenvalue weighted by Gasteiger charge is 2.18. The number of amides is 1. The summed E-state index contributed by atoms with van der Waals surface area (Å²) in [6.45, 7) is 2.33. The minimum Gasteiger partial charge on any atom is -0.300 e. The van der Waals surface area contributed by atoms with Crippen molar-refractivity contribution in [2.75, 3.05) is 5.32 Å². The van der Waals surface area contributed by atoms with Crippen molar-refractivity contribution < 1.29 is 9.18 Å². The highest BCUT2D eigenvalue weighted by Crippen LogP contribution is 2.26. The standard InChI is InChI=1S/C20H22FN5O2S/c1-13-16(11-14-7-4-5-8-15(14)21)29-19(22-13)23-18(27)12-26-20(28)25-10-6-2-3-9-17(25)24-26/h4-5,7-8H,2-3,6,9-12H2,1H3,(H,22,23,27). The summed E-state index contributed by atoms with van der Waals surface area (Å²) in [5.74, 6) is 0.133. The number of carbonyl (C=O) groups is 1.